The van der Waals surface area contributed by atoms with Crippen molar-refractivity contribution in [3.05, 3.63) is 47.8 Å². The van der Waals surface area contributed by atoms with Gasteiger partial charge in [0.25, 0.3) is 0 Å². The first-order valence-corrected chi connectivity index (χ1v) is 8.60. The Morgan fingerprint density at radius 3 is 2.88 bits per heavy atom. The molecule has 2 heterocycles. The highest BCUT2D eigenvalue weighted by molar-refractivity contribution is 6.00. The van der Waals surface area contributed by atoms with Gasteiger partial charge in [-0.05, 0) is 44.0 Å². The Balaban J connectivity index is 1.63. The second kappa shape index (κ2) is 7.09. The fraction of sp³-hybridized carbons (Fsp3) is 0.421. The first-order chi connectivity index (χ1) is 12.0. The van der Waals surface area contributed by atoms with Crippen molar-refractivity contribution in [2.24, 2.45) is 5.92 Å². The van der Waals surface area contributed by atoms with Crippen LogP contribution in [0.1, 0.15) is 24.5 Å². The summed E-state index contributed by atoms with van der Waals surface area (Å²) >= 11 is 0. The first-order valence-electron chi connectivity index (χ1n) is 8.60. The number of rotatable bonds is 5. The second-order valence-electron chi connectivity index (χ2n) is 6.76. The maximum Gasteiger partial charge on any atom is 0.227 e. The highest BCUT2D eigenvalue weighted by Crippen LogP contribution is 2.29. The summed E-state index contributed by atoms with van der Waals surface area (Å²) < 4.78 is 1.78. The molecule has 25 heavy (non-hydrogen) atoms. The summed E-state index contributed by atoms with van der Waals surface area (Å²) in [7, 11) is 0. The van der Waals surface area contributed by atoms with Crippen LogP contribution in [-0.4, -0.2) is 34.2 Å². The van der Waals surface area contributed by atoms with Gasteiger partial charge in [0.2, 0.25) is 11.8 Å². The van der Waals surface area contributed by atoms with Gasteiger partial charge in [0.1, 0.15) is 0 Å². The van der Waals surface area contributed by atoms with Crippen LogP contribution in [0.2, 0.25) is 0 Å². The minimum absolute atomic E-state index is 0.00794. The van der Waals surface area contributed by atoms with E-state index in [1.165, 1.54) is 0 Å². The zero-order valence-corrected chi connectivity index (χ0v) is 14.9. The quantitative estimate of drug-likeness (QED) is 0.906. The summed E-state index contributed by atoms with van der Waals surface area (Å²) in [4.78, 5) is 26.7. The Hall–Kier alpha value is -2.63. The molecule has 1 N–H and O–H groups in total. The van der Waals surface area contributed by atoms with Gasteiger partial charge in [-0.25, -0.2) is 0 Å². The molecule has 2 atom stereocenters. The van der Waals surface area contributed by atoms with Crippen molar-refractivity contribution in [2.75, 3.05) is 11.4 Å². The number of aryl methyl sites for hydroxylation is 1. The molecule has 6 nitrogen and oxygen atoms in total. The summed E-state index contributed by atoms with van der Waals surface area (Å²) in [6, 6.07) is 7.73. The Bertz CT molecular complexity index is 770. The monoisotopic (exact) mass is 340 g/mol. The van der Waals surface area contributed by atoms with Crippen molar-refractivity contribution in [3.8, 4) is 0 Å². The molecule has 1 aliphatic rings. The molecular weight excluding hydrogens is 316 g/mol. The molecule has 1 aromatic carbocycles. The Morgan fingerprint density at radius 1 is 1.36 bits per heavy atom. The molecule has 0 unspecified atom stereocenters. The van der Waals surface area contributed by atoms with E-state index in [-0.39, 0.29) is 30.2 Å². The van der Waals surface area contributed by atoms with E-state index < -0.39 is 0 Å². The van der Waals surface area contributed by atoms with E-state index in [0.717, 1.165) is 16.8 Å². The van der Waals surface area contributed by atoms with Gasteiger partial charge < -0.3 is 10.2 Å². The maximum absolute atomic E-state index is 12.5. The van der Waals surface area contributed by atoms with E-state index in [1.807, 2.05) is 51.2 Å². The van der Waals surface area contributed by atoms with Crippen molar-refractivity contribution in [1.29, 1.82) is 0 Å². The van der Waals surface area contributed by atoms with E-state index in [4.69, 9.17) is 0 Å². The van der Waals surface area contributed by atoms with Crippen molar-refractivity contribution >= 4 is 17.5 Å². The lowest BCUT2D eigenvalue weighted by molar-refractivity contribution is -0.126. The molecule has 1 aliphatic heterocycles. The number of nitrogens with zero attached hydrogens (tertiary/aromatic N) is 3. The van der Waals surface area contributed by atoms with Crippen molar-refractivity contribution in [2.45, 2.75) is 39.8 Å². The molecule has 132 valence electrons. The zero-order chi connectivity index (χ0) is 18.0. The number of hydrogen-bond acceptors (Lipinski definition) is 3. The molecule has 2 amide bonds. The summed E-state index contributed by atoms with van der Waals surface area (Å²) in [5.74, 6) is -0.373. The van der Waals surface area contributed by atoms with Crippen LogP contribution >= 0.6 is 0 Å². The van der Waals surface area contributed by atoms with Gasteiger partial charge in [0, 0.05) is 37.1 Å². The van der Waals surface area contributed by atoms with Crippen LogP contribution in [0.4, 0.5) is 5.69 Å². The van der Waals surface area contributed by atoms with Crippen molar-refractivity contribution < 1.29 is 9.59 Å². The highest BCUT2D eigenvalue weighted by atomic mass is 16.2. The number of nitrogens with one attached hydrogen (secondary N) is 1. The highest BCUT2D eigenvalue weighted by Gasteiger charge is 2.36. The lowest BCUT2D eigenvalue weighted by Gasteiger charge is -2.21. The number of hydrogen-bond donors (Lipinski definition) is 1. The Morgan fingerprint density at radius 2 is 2.16 bits per heavy atom. The topological polar surface area (TPSA) is 67.2 Å². The summed E-state index contributed by atoms with van der Waals surface area (Å²) in [6.07, 6.45) is 3.84. The number of amides is 2. The van der Waals surface area contributed by atoms with Gasteiger partial charge >= 0.3 is 0 Å². The second-order valence-corrected chi connectivity index (χ2v) is 6.76. The number of anilines is 1. The standard InChI is InChI=1S/C19H24N4O2/c1-13-6-4-7-17(15(13)3)23-12-16(10-18(23)24)19(25)21-14(2)11-22-9-5-8-20-22/h4-9,14,16H,10-12H2,1-3H3,(H,21,25)/t14-,16+/m0/s1. The van der Waals surface area contributed by atoms with E-state index >= 15 is 0 Å². The molecule has 0 spiro atoms. The summed E-state index contributed by atoms with van der Waals surface area (Å²) in [5, 5.41) is 7.15. The maximum atomic E-state index is 12.5. The van der Waals surface area contributed by atoms with Crippen LogP contribution in [-0.2, 0) is 16.1 Å². The van der Waals surface area contributed by atoms with Gasteiger partial charge in [0.05, 0.1) is 12.5 Å². The minimum Gasteiger partial charge on any atom is -0.351 e. The Kier molecular flexibility index (Phi) is 4.88. The van der Waals surface area contributed by atoms with Crippen LogP contribution in [0, 0.1) is 19.8 Å². The molecule has 1 saturated heterocycles. The molecule has 0 aliphatic carbocycles. The average molecular weight is 340 g/mol. The van der Waals surface area contributed by atoms with E-state index in [0.29, 0.717) is 13.1 Å². The third kappa shape index (κ3) is 3.73. The third-order valence-electron chi connectivity index (χ3n) is 4.77. The fourth-order valence-electron chi connectivity index (χ4n) is 3.24. The van der Waals surface area contributed by atoms with Gasteiger partial charge in [-0.3, -0.25) is 14.3 Å². The van der Waals surface area contributed by atoms with Crippen LogP contribution in [0.15, 0.2) is 36.7 Å². The lowest BCUT2D eigenvalue weighted by atomic mass is 10.1. The van der Waals surface area contributed by atoms with Crippen LogP contribution in [0.5, 0.6) is 0 Å². The molecule has 1 aromatic heterocycles. The van der Waals surface area contributed by atoms with Gasteiger partial charge in [-0.2, -0.15) is 5.10 Å². The lowest BCUT2D eigenvalue weighted by Crippen LogP contribution is -2.40. The van der Waals surface area contributed by atoms with E-state index in [9.17, 15) is 9.59 Å². The Labute approximate surface area is 147 Å². The smallest absolute Gasteiger partial charge is 0.227 e. The molecule has 6 heteroatoms. The summed E-state index contributed by atoms with van der Waals surface area (Å²) in [6.45, 7) is 7.03. The number of carbonyl (C=O) groups is 2. The summed E-state index contributed by atoms with van der Waals surface area (Å²) in [5.41, 5.74) is 3.14. The van der Waals surface area contributed by atoms with E-state index in [1.54, 1.807) is 15.8 Å². The average Bonchev–Trinajstić information content (AvgIpc) is 3.19. The predicted octanol–water partition coefficient (Wildman–Crippen LogP) is 2.06. The van der Waals surface area contributed by atoms with Crippen LogP contribution in [0.3, 0.4) is 0 Å². The fourth-order valence-corrected chi connectivity index (χ4v) is 3.24. The first kappa shape index (κ1) is 17.2. The van der Waals surface area contributed by atoms with Crippen LogP contribution < -0.4 is 10.2 Å². The SMILES string of the molecule is Cc1cccc(N2C[C@H](C(=O)N[C@@H](C)Cn3cccn3)CC2=O)c1C. The molecule has 2 aromatic rings. The third-order valence-corrected chi connectivity index (χ3v) is 4.77. The molecule has 3 rings (SSSR count). The number of aromatic nitrogens is 2. The van der Waals surface area contributed by atoms with Crippen molar-refractivity contribution in [3.63, 3.8) is 0 Å². The van der Waals surface area contributed by atoms with E-state index in [2.05, 4.69) is 10.4 Å². The van der Waals surface area contributed by atoms with Crippen LogP contribution in [0.25, 0.3) is 0 Å². The van der Waals surface area contributed by atoms with Gasteiger partial charge in [-0.15, -0.1) is 0 Å². The van der Waals surface area contributed by atoms with Gasteiger partial charge in [0.15, 0.2) is 0 Å². The number of carbonyl (C=O) groups excluding carboxylic acids is 2. The normalized spacial score (nSPS) is 18.4. The zero-order valence-electron chi connectivity index (χ0n) is 14.9. The molecule has 0 saturated carbocycles. The molecular formula is C19H24N4O2. The van der Waals surface area contributed by atoms with Gasteiger partial charge in [-0.1, -0.05) is 12.1 Å². The minimum atomic E-state index is -0.313. The predicted molar refractivity (Wildman–Crippen MR) is 96.2 cm³/mol. The molecule has 0 radical (unpaired) electrons. The molecule has 1 fully saturated rings. The number of benzene rings is 1. The molecule has 0 bridgehead atoms. The van der Waals surface area contributed by atoms with Crippen molar-refractivity contribution in [1.82, 2.24) is 15.1 Å². The largest absolute Gasteiger partial charge is 0.351 e.